The number of benzene rings is 1. The van der Waals surface area contributed by atoms with Crippen molar-refractivity contribution < 1.29 is 13.2 Å². The Hall–Kier alpha value is -1.84. The lowest BCUT2D eigenvalue weighted by Crippen LogP contribution is -2.41. The third-order valence-electron chi connectivity index (χ3n) is 4.20. The molecule has 23 heavy (non-hydrogen) atoms. The van der Waals surface area contributed by atoms with Gasteiger partial charge >= 0.3 is 0 Å². The largest absolute Gasteiger partial charge is 0.349 e. The first-order chi connectivity index (χ1) is 10.9. The molecule has 1 amide bonds. The molecular weight excluding hydrogens is 312 g/mol. The van der Waals surface area contributed by atoms with Crippen molar-refractivity contribution in [2.75, 3.05) is 6.54 Å². The van der Waals surface area contributed by atoms with E-state index in [0.717, 1.165) is 19.3 Å². The molecule has 0 bridgehead atoms. The highest BCUT2D eigenvalue weighted by Crippen LogP contribution is 2.24. The molecule has 5 nitrogen and oxygen atoms in total. The van der Waals surface area contributed by atoms with Crippen molar-refractivity contribution in [2.45, 2.75) is 43.5 Å². The average Bonchev–Trinajstić information content (AvgIpc) is 2.55. The molecule has 2 N–H and O–H groups in total. The van der Waals surface area contributed by atoms with Gasteiger partial charge in [-0.2, -0.15) is 4.72 Å². The Morgan fingerprint density at radius 1 is 1.35 bits per heavy atom. The Kier molecular flexibility index (Phi) is 5.80. The summed E-state index contributed by atoms with van der Waals surface area (Å²) in [6.07, 6.45) is 9.45. The van der Waals surface area contributed by atoms with E-state index in [2.05, 4.69) is 22.9 Å². The number of hydrogen-bond acceptors (Lipinski definition) is 3. The highest BCUT2D eigenvalue weighted by molar-refractivity contribution is 7.89. The molecule has 1 aromatic rings. The second-order valence-corrected chi connectivity index (χ2v) is 7.67. The van der Waals surface area contributed by atoms with Gasteiger partial charge in [-0.1, -0.05) is 31.8 Å². The van der Waals surface area contributed by atoms with Gasteiger partial charge in [0.15, 0.2) is 0 Å². The first kappa shape index (κ1) is 17.5. The first-order valence-electron chi connectivity index (χ1n) is 7.78. The van der Waals surface area contributed by atoms with E-state index in [1.807, 2.05) is 0 Å². The molecule has 0 aromatic heterocycles. The Balaban J connectivity index is 2.13. The summed E-state index contributed by atoms with van der Waals surface area (Å²) in [5.74, 6) is 2.42. The molecule has 0 aliphatic heterocycles. The summed E-state index contributed by atoms with van der Waals surface area (Å²) in [5.41, 5.74) is 0.339. The van der Waals surface area contributed by atoms with Gasteiger partial charge in [-0.25, -0.2) is 8.42 Å². The lowest BCUT2D eigenvalue weighted by Gasteiger charge is -2.29. The van der Waals surface area contributed by atoms with E-state index < -0.39 is 10.0 Å². The van der Waals surface area contributed by atoms with Crippen LogP contribution in [0.5, 0.6) is 0 Å². The summed E-state index contributed by atoms with van der Waals surface area (Å²) in [4.78, 5) is 12.4. The maximum Gasteiger partial charge on any atom is 0.251 e. The van der Waals surface area contributed by atoms with Gasteiger partial charge in [0.05, 0.1) is 11.4 Å². The first-order valence-corrected chi connectivity index (χ1v) is 9.26. The van der Waals surface area contributed by atoms with Gasteiger partial charge < -0.3 is 5.32 Å². The van der Waals surface area contributed by atoms with Crippen molar-refractivity contribution in [3.8, 4) is 12.3 Å². The predicted octanol–water partition coefficient (Wildman–Crippen LogP) is 1.91. The van der Waals surface area contributed by atoms with Crippen LogP contribution in [-0.2, 0) is 10.0 Å². The van der Waals surface area contributed by atoms with Gasteiger partial charge in [-0.15, -0.1) is 6.42 Å². The van der Waals surface area contributed by atoms with E-state index in [1.165, 1.54) is 18.6 Å². The van der Waals surface area contributed by atoms with Crippen molar-refractivity contribution in [3.63, 3.8) is 0 Å². The van der Waals surface area contributed by atoms with Crippen molar-refractivity contribution in [1.82, 2.24) is 10.0 Å². The summed E-state index contributed by atoms with van der Waals surface area (Å²) < 4.78 is 26.4. The number of carbonyl (C=O) groups excluding carboxylic acids is 1. The van der Waals surface area contributed by atoms with E-state index in [-0.39, 0.29) is 23.4 Å². The summed E-state index contributed by atoms with van der Waals surface area (Å²) in [6, 6.07) is 6.14. The molecular formula is C17H22N2O3S. The summed E-state index contributed by atoms with van der Waals surface area (Å²) in [7, 11) is -3.69. The molecule has 0 heterocycles. The zero-order chi connectivity index (χ0) is 16.9. The van der Waals surface area contributed by atoms with Crippen molar-refractivity contribution >= 4 is 15.9 Å². The number of hydrogen-bond donors (Lipinski definition) is 2. The van der Waals surface area contributed by atoms with Crippen LogP contribution in [0, 0.1) is 18.3 Å². The molecule has 0 saturated heterocycles. The van der Waals surface area contributed by atoms with Crippen LogP contribution in [0.4, 0.5) is 0 Å². The van der Waals surface area contributed by atoms with Crippen LogP contribution in [0.25, 0.3) is 0 Å². The lowest BCUT2D eigenvalue weighted by atomic mass is 9.86. The summed E-state index contributed by atoms with van der Waals surface area (Å²) in [5, 5.41) is 3.02. The second-order valence-electron chi connectivity index (χ2n) is 5.90. The van der Waals surface area contributed by atoms with Crippen LogP contribution in [0.1, 0.15) is 43.0 Å². The highest BCUT2D eigenvalue weighted by atomic mass is 32.2. The fraction of sp³-hybridized carbons (Fsp3) is 0.471. The Bertz CT molecular complexity index is 707. The number of amides is 1. The number of sulfonamides is 1. The molecule has 0 radical (unpaired) electrons. The Morgan fingerprint density at radius 2 is 2.09 bits per heavy atom. The van der Waals surface area contributed by atoms with Gasteiger partial charge in [0, 0.05) is 11.6 Å². The quantitative estimate of drug-likeness (QED) is 0.808. The van der Waals surface area contributed by atoms with E-state index in [0.29, 0.717) is 11.5 Å². The van der Waals surface area contributed by atoms with Gasteiger partial charge in [0.1, 0.15) is 0 Å². The molecule has 124 valence electrons. The smallest absolute Gasteiger partial charge is 0.251 e. The average molecular weight is 334 g/mol. The third-order valence-corrected chi connectivity index (χ3v) is 5.60. The van der Waals surface area contributed by atoms with E-state index in [1.54, 1.807) is 12.1 Å². The van der Waals surface area contributed by atoms with Gasteiger partial charge in [0.25, 0.3) is 5.91 Å². The lowest BCUT2D eigenvalue weighted by molar-refractivity contribution is 0.0910. The maximum atomic E-state index is 12.4. The minimum absolute atomic E-state index is 0.0390. The van der Waals surface area contributed by atoms with E-state index >= 15 is 0 Å². The molecule has 2 rings (SSSR count). The van der Waals surface area contributed by atoms with Crippen LogP contribution in [0.2, 0.25) is 0 Å². The number of rotatable bonds is 5. The standard InChI is InChI=1S/C17H22N2O3S/c1-3-11-18-23(21,22)15-9-6-8-14(12-15)17(20)19-16-10-5-4-7-13(16)2/h1,6,8-9,12-13,16,18H,4-5,7,10-11H2,2H3,(H,19,20)/t13-,16-/m1/s1. The number of carbonyl (C=O) groups is 1. The number of nitrogens with one attached hydrogen (secondary N) is 2. The molecule has 2 atom stereocenters. The van der Waals surface area contributed by atoms with Crippen molar-refractivity contribution in [3.05, 3.63) is 29.8 Å². The Labute approximate surface area is 137 Å². The second kappa shape index (κ2) is 7.62. The molecule has 1 fully saturated rings. The van der Waals surface area contributed by atoms with Crippen LogP contribution >= 0.6 is 0 Å². The van der Waals surface area contributed by atoms with Gasteiger partial charge in [-0.3, -0.25) is 4.79 Å². The summed E-state index contributed by atoms with van der Waals surface area (Å²) >= 11 is 0. The topological polar surface area (TPSA) is 75.3 Å². The van der Waals surface area contributed by atoms with Crippen LogP contribution in [0.15, 0.2) is 29.2 Å². The van der Waals surface area contributed by atoms with E-state index in [9.17, 15) is 13.2 Å². The molecule has 6 heteroatoms. The fourth-order valence-corrected chi connectivity index (χ4v) is 3.79. The van der Waals surface area contributed by atoms with Crippen molar-refractivity contribution in [1.29, 1.82) is 0 Å². The van der Waals surface area contributed by atoms with Crippen LogP contribution in [-0.4, -0.2) is 26.9 Å². The fourth-order valence-electron chi connectivity index (χ4n) is 2.81. The van der Waals surface area contributed by atoms with Crippen LogP contribution < -0.4 is 10.0 Å². The summed E-state index contributed by atoms with van der Waals surface area (Å²) in [6.45, 7) is 2.05. The minimum atomic E-state index is -3.69. The molecule has 1 aromatic carbocycles. The molecule has 1 aliphatic carbocycles. The molecule has 1 aliphatic rings. The van der Waals surface area contributed by atoms with E-state index in [4.69, 9.17) is 6.42 Å². The van der Waals surface area contributed by atoms with Crippen LogP contribution in [0.3, 0.4) is 0 Å². The normalized spacial score (nSPS) is 21.4. The molecule has 0 unspecified atom stereocenters. The van der Waals surface area contributed by atoms with Gasteiger partial charge in [0.2, 0.25) is 10.0 Å². The highest BCUT2D eigenvalue weighted by Gasteiger charge is 2.23. The zero-order valence-electron chi connectivity index (χ0n) is 13.2. The Morgan fingerprint density at radius 3 is 2.78 bits per heavy atom. The monoisotopic (exact) mass is 334 g/mol. The minimum Gasteiger partial charge on any atom is -0.349 e. The van der Waals surface area contributed by atoms with Gasteiger partial charge in [-0.05, 0) is 37.0 Å². The SMILES string of the molecule is C#CCNS(=O)(=O)c1cccc(C(=O)N[C@@H]2CCCC[C@H]2C)c1. The molecule has 1 saturated carbocycles. The molecule has 0 spiro atoms. The number of terminal acetylenes is 1. The third kappa shape index (κ3) is 4.57. The van der Waals surface area contributed by atoms with Crippen molar-refractivity contribution in [2.24, 2.45) is 5.92 Å². The maximum absolute atomic E-state index is 12.4. The predicted molar refractivity (Wildman–Crippen MR) is 89.3 cm³/mol. The zero-order valence-corrected chi connectivity index (χ0v) is 14.0.